The average Bonchev–Trinajstić information content (AvgIpc) is 3.29. The molecule has 1 aliphatic rings. The molecule has 0 atom stereocenters. The van der Waals surface area contributed by atoms with E-state index >= 15 is 0 Å². The van der Waals surface area contributed by atoms with Gasteiger partial charge in [-0.1, -0.05) is 0 Å². The first-order chi connectivity index (χ1) is 9.88. The van der Waals surface area contributed by atoms with Gasteiger partial charge in [-0.05, 0) is 12.8 Å². The molecule has 1 fully saturated rings. The van der Waals surface area contributed by atoms with Crippen molar-refractivity contribution in [2.45, 2.75) is 31.8 Å². The third kappa shape index (κ3) is 6.27. The molecular formula is C14H23N3O3. The van der Waals surface area contributed by atoms with E-state index in [4.69, 9.17) is 14.2 Å². The van der Waals surface area contributed by atoms with Crippen LogP contribution in [0.2, 0.25) is 0 Å². The fraction of sp³-hybridized carbons (Fsp3) is 0.714. The largest absolute Gasteiger partial charge is 0.476 e. The van der Waals surface area contributed by atoms with Crippen LogP contribution in [0.5, 0.6) is 5.88 Å². The zero-order valence-corrected chi connectivity index (χ0v) is 12.0. The van der Waals surface area contributed by atoms with E-state index < -0.39 is 0 Å². The molecule has 20 heavy (non-hydrogen) atoms. The molecular weight excluding hydrogens is 258 g/mol. The molecule has 1 aromatic heterocycles. The van der Waals surface area contributed by atoms with Crippen molar-refractivity contribution in [3.8, 4) is 5.88 Å². The normalized spacial score (nSPS) is 14.4. The monoisotopic (exact) mass is 281 g/mol. The third-order valence-electron chi connectivity index (χ3n) is 2.93. The Balaban J connectivity index is 1.58. The van der Waals surface area contributed by atoms with Crippen molar-refractivity contribution in [3.05, 3.63) is 18.1 Å². The van der Waals surface area contributed by atoms with Crippen LogP contribution in [-0.4, -0.2) is 49.5 Å². The van der Waals surface area contributed by atoms with Gasteiger partial charge in [0.25, 0.3) is 0 Å². The second kappa shape index (κ2) is 8.84. The van der Waals surface area contributed by atoms with Crippen LogP contribution >= 0.6 is 0 Å². The first-order valence-corrected chi connectivity index (χ1v) is 7.12. The molecule has 0 spiro atoms. The molecule has 1 N–H and O–H groups in total. The Labute approximate surface area is 119 Å². The minimum Gasteiger partial charge on any atom is -0.476 e. The van der Waals surface area contributed by atoms with Gasteiger partial charge in [-0.15, -0.1) is 0 Å². The van der Waals surface area contributed by atoms with E-state index in [9.17, 15) is 0 Å². The van der Waals surface area contributed by atoms with E-state index in [0.29, 0.717) is 38.3 Å². The van der Waals surface area contributed by atoms with Crippen LogP contribution in [0.15, 0.2) is 12.4 Å². The molecule has 6 heteroatoms. The predicted octanol–water partition coefficient (Wildman–Crippen LogP) is 1.16. The molecule has 2 rings (SSSR count). The van der Waals surface area contributed by atoms with Crippen molar-refractivity contribution in [2.75, 3.05) is 33.5 Å². The SMILES string of the molecule is COCCOCCCOc1cncc(CNC2CC2)n1. The highest BCUT2D eigenvalue weighted by atomic mass is 16.5. The fourth-order valence-corrected chi connectivity index (χ4v) is 1.66. The Bertz CT molecular complexity index is 386. The highest BCUT2D eigenvalue weighted by molar-refractivity contribution is 5.08. The van der Waals surface area contributed by atoms with Gasteiger partial charge in [0.1, 0.15) is 0 Å². The number of ether oxygens (including phenoxy) is 3. The number of hydrogen-bond donors (Lipinski definition) is 1. The summed E-state index contributed by atoms with van der Waals surface area (Å²) in [6.45, 7) is 3.26. The number of hydrogen-bond acceptors (Lipinski definition) is 6. The lowest BCUT2D eigenvalue weighted by Gasteiger charge is -2.07. The first kappa shape index (κ1) is 15.2. The highest BCUT2D eigenvalue weighted by Gasteiger charge is 2.20. The Kier molecular flexibility index (Phi) is 6.70. The molecule has 0 saturated heterocycles. The van der Waals surface area contributed by atoms with E-state index in [1.54, 1.807) is 19.5 Å². The van der Waals surface area contributed by atoms with Gasteiger partial charge in [0, 0.05) is 38.9 Å². The number of rotatable bonds is 11. The van der Waals surface area contributed by atoms with Gasteiger partial charge in [-0.2, -0.15) is 0 Å². The van der Waals surface area contributed by atoms with Crippen molar-refractivity contribution in [1.82, 2.24) is 15.3 Å². The molecule has 1 aromatic rings. The molecule has 0 radical (unpaired) electrons. The van der Waals surface area contributed by atoms with Crippen molar-refractivity contribution in [3.63, 3.8) is 0 Å². The molecule has 0 aliphatic heterocycles. The summed E-state index contributed by atoms with van der Waals surface area (Å²) in [5.74, 6) is 0.581. The van der Waals surface area contributed by atoms with Crippen LogP contribution < -0.4 is 10.1 Å². The zero-order valence-electron chi connectivity index (χ0n) is 12.0. The van der Waals surface area contributed by atoms with Gasteiger partial charge < -0.3 is 19.5 Å². The molecule has 0 unspecified atom stereocenters. The Morgan fingerprint density at radius 2 is 2.10 bits per heavy atom. The van der Waals surface area contributed by atoms with E-state index in [0.717, 1.165) is 18.7 Å². The van der Waals surface area contributed by atoms with E-state index in [2.05, 4.69) is 15.3 Å². The van der Waals surface area contributed by atoms with Crippen LogP contribution in [0.3, 0.4) is 0 Å². The lowest BCUT2D eigenvalue weighted by molar-refractivity contribution is 0.0641. The lowest BCUT2D eigenvalue weighted by Crippen LogP contribution is -2.16. The minimum absolute atomic E-state index is 0.581. The average molecular weight is 281 g/mol. The smallest absolute Gasteiger partial charge is 0.232 e. The number of aromatic nitrogens is 2. The second-order valence-electron chi connectivity index (χ2n) is 4.81. The van der Waals surface area contributed by atoms with Gasteiger partial charge in [0.15, 0.2) is 0 Å². The Morgan fingerprint density at radius 1 is 1.20 bits per heavy atom. The maximum absolute atomic E-state index is 5.56. The maximum Gasteiger partial charge on any atom is 0.232 e. The Hall–Kier alpha value is -1.24. The molecule has 6 nitrogen and oxygen atoms in total. The van der Waals surface area contributed by atoms with Crippen LogP contribution in [0, 0.1) is 0 Å². The molecule has 1 saturated carbocycles. The van der Waals surface area contributed by atoms with Crippen LogP contribution in [0.1, 0.15) is 25.0 Å². The van der Waals surface area contributed by atoms with Gasteiger partial charge in [-0.25, -0.2) is 4.98 Å². The van der Waals surface area contributed by atoms with Crippen LogP contribution in [0.25, 0.3) is 0 Å². The van der Waals surface area contributed by atoms with Crippen LogP contribution in [0.4, 0.5) is 0 Å². The van der Waals surface area contributed by atoms with E-state index in [1.807, 2.05) is 0 Å². The predicted molar refractivity (Wildman–Crippen MR) is 74.7 cm³/mol. The summed E-state index contributed by atoms with van der Waals surface area (Å²) in [4.78, 5) is 8.56. The minimum atomic E-state index is 0.581. The summed E-state index contributed by atoms with van der Waals surface area (Å²) < 4.78 is 15.8. The fourth-order valence-electron chi connectivity index (χ4n) is 1.66. The molecule has 0 aromatic carbocycles. The zero-order chi connectivity index (χ0) is 14.0. The molecule has 0 bridgehead atoms. The molecule has 1 aliphatic carbocycles. The summed E-state index contributed by atoms with van der Waals surface area (Å²) in [5.41, 5.74) is 0.922. The highest BCUT2D eigenvalue weighted by Crippen LogP contribution is 2.19. The van der Waals surface area contributed by atoms with Crippen molar-refractivity contribution >= 4 is 0 Å². The lowest BCUT2D eigenvalue weighted by atomic mass is 10.4. The first-order valence-electron chi connectivity index (χ1n) is 7.12. The topological polar surface area (TPSA) is 65.5 Å². The van der Waals surface area contributed by atoms with E-state index in [1.165, 1.54) is 12.8 Å². The van der Waals surface area contributed by atoms with Crippen molar-refractivity contribution in [2.24, 2.45) is 0 Å². The summed E-state index contributed by atoms with van der Waals surface area (Å²) in [5, 5.41) is 3.41. The van der Waals surface area contributed by atoms with Gasteiger partial charge >= 0.3 is 0 Å². The van der Waals surface area contributed by atoms with E-state index in [-0.39, 0.29) is 0 Å². The molecule has 112 valence electrons. The standard InChI is InChI=1S/C14H23N3O3/c1-18-7-8-19-5-2-6-20-14-11-15-9-13(17-14)10-16-12-3-4-12/h9,11-12,16H,2-8,10H2,1H3. The summed E-state index contributed by atoms with van der Waals surface area (Å²) in [7, 11) is 1.66. The van der Waals surface area contributed by atoms with Crippen LogP contribution in [-0.2, 0) is 16.0 Å². The summed E-state index contributed by atoms with van der Waals surface area (Å²) >= 11 is 0. The number of nitrogens with zero attached hydrogens (tertiary/aromatic N) is 2. The molecule has 0 amide bonds. The summed E-state index contributed by atoms with van der Waals surface area (Å²) in [6.07, 6.45) is 6.79. The quantitative estimate of drug-likeness (QED) is 0.614. The Morgan fingerprint density at radius 3 is 2.90 bits per heavy atom. The van der Waals surface area contributed by atoms with Crippen molar-refractivity contribution in [1.29, 1.82) is 0 Å². The summed E-state index contributed by atoms with van der Waals surface area (Å²) in [6, 6.07) is 0.672. The van der Waals surface area contributed by atoms with Crippen molar-refractivity contribution < 1.29 is 14.2 Å². The third-order valence-corrected chi connectivity index (χ3v) is 2.93. The van der Waals surface area contributed by atoms with Gasteiger partial charge in [0.05, 0.1) is 31.7 Å². The van der Waals surface area contributed by atoms with Gasteiger partial charge in [-0.3, -0.25) is 4.98 Å². The van der Waals surface area contributed by atoms with Gasteiger partial charge in [0.2, 0.25) is 5.88 Å². The number of nitrogens with one attached hydrogen (secondary N) is 1. The number of methoxy groups -OCH3 is 1. The maximum atomic E-state index is 5.56. The molecule has 1 heterocycles. The second-order valence-corrected chi connectivity index (χ2v) is 4.81.